The number of hydrogen-bond donors (Lipinski definition) is 2. The molecule has 0 aliphatic heterocycles. The monoisotopic (exact) mass is 342 g/mol. The van der Waals surface area contributed by atoms with Crippen molar-refractivity contribution in [3.63, 3.8) is 0 Å². The molecule has 122 valence electrons. The van der Waals surface area contributed by atoms with Gasteiger partial charge in [-0.2, -0.15) is 5.26 Å². The van der Waals surface area contributed by atoms with E-state index in [0.29, 0.717) is 22.0 Å². The molecule has 0 saturated heterocycles. The first kappa shape index (κ1) is 17.3. The van der Waals surface area contributed by atoms with Crippen molar-refractivity contribution in [2.45, 2.75) is 6.54 Å². The summed E-state index contributed by atoms with van der Waals surface area (Å²) in [5, 5.41) is 12.2. The predicted molar refractivity (Wildman–Crippen MR) is 94.8 cm³/mol. The van der Waals surface area contributed by atoms with Gasteiger partial charge in [0, 0.05) is 29.9 Å². The second-order valence-corrected chi connectivity index (χ2v) is 5.50. The summed E-state index contributed by atoms with van der Waals surface area (Å²) >= 11 is 5.63. The molecule has 0 atom stereocenters. The molecule has 0 spiro atoms. The van der Waals surface area contributed by atoms with Gasteiger partial charge in [0.1, 0.15) is 17.5 Å². The topological polar surface area (TPSA) is 90.7 Å². The van der Waals surface area contributed by atoms with Gasteiger partial charge >= 0.3 is 0 Å². The van der Waals surface area contributed by atoms with Gasteiger partial charge in [0.25, 0.3) is 11.1 Å². The number of H-pyrrole nitrogens is 1. The summed E-state index contributed by atoms with van der Waals surface area (Å²) in [5.74, 6) is 0. The highest BCUT2D eigenvalue weighted by atomic mass is 35.5. The molecule has 0 aliphatic rings. The molecule has 24 heavy (non-hydrogen) atoms. The number of nitrogens with one attached hydrogen (secondary N) is 2. The summed E-state index contributed by atoms with van der Waals surface area (Å²) in [6.45, 7) is 3.71. The molecular weight excluding hydrogens is 328 g/mol. The Morgan fingerprint density at radius 1 is 1.42 bits per heavy atom. The zero-order valence-corrected chi connectivity index (χ0v) is 13.7. The van der Waals surface area contributed by atoms with E-state index in [2.05, 4.69) is 16.9 Å². The first-order chi connectivity index (χ1) is 11.4. The van der Waals surface area contributed by atoms with E-state index >= 15 is 0 Å². The van der Waals surface area contributed by atoms with Gasteiger partial charge in [-0.25, -0.2) is 0 Å². The molecule has 0 amide bonds. The van der Waals surface area contributed by atoms with Crippen LogP contribution in [0, 0.1) is 11.3 Å². The lowest BCUT2D eigenvalue weighted by Crippen LogP contribution is -2.24. The Labute approximate surface area is 143 Å². The molecular formula is C17H15ClN4O2. The number of hydrogen-bond acceptors (Lipinski definition) is 4. The highest BCUT2D eigenvalue weighted by Gasteiger charge is 2.06. The number of pyridine rings is 2. The van der Waals surface area contributed by atoms with Crippen LogP contribution in [0.15, 0.2) is 51.5 Å². The van der Waals surface area contributed by atoms with Crippen molar-refractivity contribution in [2.75, 3.05) is 5.32 Å². The Bertz CT molecular complexity index is 964. The van der Waals surface area contributed by atoms with E-state index in [4.69, 9.17) is 16.9 Å². The van der Waals surface area contributed by atoms with Gasteiger partial charge in [-0.15, -0.1) is 0 Å². The summed E-state index contributed by atoms with van der Waals surface area (Å²) < 4.78 is 1.25. The third-order valence-electron chi connectivity index (χ3n) is 3.35. The predicted octanol–water partition coefficient (Wildman–Crippen LogP) is 2.32. The number of allylic oxidation sites excluding steroid dienone is 2. The van der Waals surface area contributed by atoms with E-state index in [9.17, 15) is 9.59 Å². The van der Waals surface area contributed by atoms with Crippen LogP contribution in [0.1, 0.15) is 17.0 Å². The van der Waals surface area contributed by atoms with E-state index in [1.807, 2.05) is 6.07 Å². The normalized spacial score (nSPS) is 10.5. The molecule has 0 bridgehead atoms. The Morgan fingerprint density at radius 2 is 2.17 bits per heavy atom. The van der Waals surface area contributed by atoms with Crippen molar-refractivity contribution in [3.8, 4) is 6.07 Å². The second kappa shape index (κ2) is 7.49. The van der Waals surface area contributed by atoms with Gasteiger partial charge in [-0.1, -0.05) is 18.2 Å². The maximum atomic E-state index is 12.1. The van der Waals surface area contributed by atoms with Crippen LogP contribution < -0.4 is 16.4 Å². The number of aromatic amines is 1. The fraction of sp³-hybridized carbons (Fsp3) is 0.118. The zero-order chi connectivity index (χ0) is 17.7. The van der Waals surface area contributed by atoms with E-state index in [1.165, 1.54) is 17.7 Å². The van der Waals surface area contributed by atoms with Gasteiger partial charge < -0.3 is 14.9 Å². The zero-order valence-electron chi connectivity index (χ0n) is 13.0. The highest BCUT2D eigenvalue weighted by molar-refractivity contribution is 6.31. The van der Waals surface area contributed by atoms with Gasteiger partial charge in [0.05, 0.1) is 0 Å². The minimum Gasteiger partial charge on any atom is -0.376 e. The lowest BCUT2D eigenvalue weighted by atomic mass is 10.2. The smallest absolute Gasteiger partial charge is 0.274 e. The van der Waals surface area contributed by atoms with E-state index in [0.717, 1.165) is 0 Å². The maximum Gasteiger partial charge on any atom is 0.274 e. The fourth-order valence-corrected chi connectivity index (χ4v) is 2.07. The summed E-state index contributed by atoms with van der Waals surface area (Å²) in [6, 6.07) is 8.39. The molecule has 7 heteroatoms. The minimum atomic E-state index is -0.328. The number of halogens is 1. The molecule has 2 heterocycles. The van der Waals surface area contributed by atoms with Crippen molar-refractivity contribution in [2.24, 2.45) is 7.05 Å². The van der Waals surface area contributed by atoms with Crippen LogP contribution in [0.4, 0.5) is 5.69 Å². The van der Waals surface area contributed by atoms with Gasteiger partial charge in [-0.3, -0.25) is 9.59 Å². The van der Waals surface area contributed by atoms with Crippen LogP contribution in [-0.2, 0) is 13.6 Å². The molecule has 0 unspecified atom stereocenters. The van der Waals surface area contributed by atoms with Crippen molar-refractivity contribution in [3.05, 3.63) is 79.6 Å². The summed E-state index contributed by atoms with van der Waals surface area (Å²) in [6.07, 6.45) is 3.22. The van der Waals surface area contributed by atoms with Crippen LogP contribution >= 0.6 is 11.6 Å². The van der Waals surface area contributed by atoms with Gasteiger partial charge in [-0.05, 0) is 36.4 Å². The summed E-state index contributed by atoms with van der Waals surface area (Å²) in [5.41, 5.74) is 1.06. The van der Waals surface area contributed by atoms with Crippen molar-refractivity contribution in [1.82, 2.24) is 9.55 Å². The lowest BCUT2D eigenvalue weighted by Gasteiger charge is -2.08. The summed E-state index contributed by atoms with van der Waals surface area (Å²) in [4.78, 5) is 26.8. The van der Waals surface area contributed by atoms with Gasteiger partial charge in [0.2, 0.25) is 0 Å². The van der Waals surface area contributed by atoms with Crippen molar-refractivity contribution >= 4 is 23.4 Å². The Balaban J connectivity index is 2.17. The van der Waals surface area contributed by atoms with Crippen LogP contribution in [0.25, 0.3) is 6.08 Å². The molecule has 0 saturated carbocycles. The molecule has 0 aliphatic carbocycles. The van der Waals surface area contributed by atoms with E-state index < -0.39 is 0 Å². The first-order valence-corrected chi connectivity index (χ1v) is 7.39. The lowest BCUT2D eigenvalue weighted by molar-refractivity contribution is 0.841. The molecule has 2 N–H and O–H groups in total. The Hall–Kier alpha value is -3.04. The third kappa shape index (κ3) is 4.03. The van der Waals surface area contributed by atoms with Crippen molar-refractivity contribution < 1.29 is 0 Å². The molecule has 2 aromatic rings. The number of anilines is 1. The van der Waals surface area contributed by atoms with E-state index in [-0.39, 0.29) is 23.4 Å². The number of aromatic nitrogens is 2. The fourth-order valence-electron chi connectivity index (χ4n) is 2.01. The average Bonchev–Trinajstić information content (AvgIpc) is 2.55. The number of nitrogens with zero attached hydrogens (tertiary/aromatic N) is 2. The van der Waals surface area contributed by atoms with Crippen LogP contribution in [0.3, 0.4) is 0 Å². The molecule has 6 nitrogen and oxygen atoms in total. The Morgan fingerprint density at radius 3 is 2.79 bits per heavy atom. The first-order valence-electron chi connectivity index (χ1n) is 7.01. The third-order valence-corrected chi connectivity index (χ3v) is 3.47. The molecule has 2 aromatic heterocycles. The van der Waals surface area contributed by atoms with Crippen LogP contribution in [0.2, 0.25) is 0 Å². The number of rotatable bonds is 5. The molecule has 0 radical (unpaired) electrons. The van der Waals surface area contributed by atoms with Gasteiger partial charge in [0.15, 0.2) is 0 Å². The quantitative estimate of drug-likeness (QED) is 0.816. The molecule has 0 aromatic carbocycles. The SMILES string of the molecule is C=C(Cl)/C=C\c1ccc(CNc2ccc(C#N)n(C)c2=O)c(=O)[nH]1. The van der Waals surface area contributed by atoms with E-state index in [1.54, 1.807) is 30.4 Å². The minimum absolute atomic E-state index is 0.183. The second-order valence-electron chi connectivity index (χ2n) is 5.01. The molecule has 0 fully saturated rings. The maximum absolute atomic E-state index is 12.1. The molecule has 2 rings (SSSR count). The number of nitriles is 1. The largest absolute Gasteiger partial charge is 0.376 e. The van der Waals surface area contributed by atoms with Crippen LogP contribution in [0.5, 0.6) is 0 Å². The van der Waals surface area contributed by atoms with Crippen LogP contribution in [-0.4, -0.2) is 9.55 Å². The Kier molecular flexibility index (Phi) is 5.40. The average molecular weight is 343 g/mol. The standard InChI is InChI=1S/C17H15ClN4O2/c1-11(18)3-5-13-6-4-12(16(23)21-13)10-20-15-8-7-14(9-19)22(2)17(15)24/h3-8,20H,1,10H2,2H3,(H,21,23)/b5-3-. The highest BCUT2D eigenvalue weighted by Crippen LogP contribution is 2.06. The van der Waals surface area contributed by atoms with Crippen molar-refractivity contribution in [1.29, 1.82) is 5.26 Å². The summed E-state index contributed by atoms with van der Waals surface area (Å²) in [7, 11) is 1.52.